The van der Waals surface area contributed by atoms with Crippen LogP contribution in [0, 0.1) is 13.8 Å². The van der Waals surface area contributed by atoms with Gasteiger partial charge in [-0.2, -0.15) is 0 Å². The number of nitrogens with zero attached hydrogens (tertiary/aromatic N) is 1. The highest BCUT2D eigenvalue weighted by molar-refractivity contribution is 6.07. The van der Waals surface area contributed by atoms with Gasteiger partial charge in [0.1, 0.15) is 0 Å². The van der Waals surface area contributed by atoms with Crippen molar-refractivity contribution < 1.29 is 14.3 Å². The maximum Gasteiger partial charge on any atom is 0.337 e. The second-order valence-electron chi connectivity index (χ2n) is 5.92. The molecule has 0 unspecified atom stereocenters. The topological polar surface area (TPSA) is 46.6 Å². The highest BCUT2D eigenvalue weighted by Gasteiger charge is 2.26. The molecule has 0 aliphatic carbocycles. The predicted molar refractivity (Wildman–Crippen MR) is 89.1 cm³/mol. The van der Waals surface area contributed by atoms with Crippen molar-refractivity contribution in [1.29, 1.82) is 0 Å². The van der Waals surface area contributed by atoms with Gasteiger partial charge in [-0.25, -0.2) is 4.79 Å². The van der Waals surface area contributed by atoms with Crippen LogP contribution >= 0.6 is 0 Å². The molecule has 0 N–H and O–H groups in total. The first-order valence-corrected chi connectivity index (χ1v) is 7.61. The molecule has 23 heavy (non-hydrogen) atoms. The third-order valence-electron chi connectivity index (χ3n) is 4.11. The molecule has 1 heterocycles. The molecule has 0 saturated heterocycles. The molecule has 1 amide bonds. The van der Waals surface area contributed by atoms with Gasteiger partial charge < -0.3 is 9.64 Å². The molecule has 3 rings (SSSR count). The van der Waals surface area contributed by atoms with E-state index in [-0.39, 0.29) is 11.9 Å². The Morgan fingerprint density at radius 3 is 2.35 bits per heavy atom. The molecule has 0 atom stereocenters. The van der Waals surface area contributed by atoms with Crippen LogP contribution in [0.15, 0.2) is 36.4 Å². The van der Waals surface area contributed by atoms with Gasteiger partial charge in [0, 0.05) is 17.8 Å². The van der Waals surface area contributed by atoms with Crippen molar-refractivity contribution in [2.45, 2.75) is 20.3 Å². The van der Waals surface area contributed by atoms with Crippen molar-refractivity contribution >= 4 is 17.6 Å². The minimum atomic E-state index is -0.355. The van der Waals surface area contributed by atoms with Crippen molar-refractivity contribution in [1.82, 2.24) is 0 Å². The summed E-state index contributed by atoms with van der Waals surface area (Å²) in [6.07, 6.45) is 0.747. The summed E-state index contributed by atoms with van der Waals surface area (Å²) in [7, 11) is 1.37. The Bertz CT molecular complexity index is 775. The number of fused-ring (bicyclic) bond motifs is 1. The SMILES string of the molecule is COC(=O)c1ccc2c(c1)CCN2C(=O)c1cc(C)cc(C)c1. The number of rotatable bonds is 2. The molecular weight excluding hydrogens is 290 g/mol. The average molecular weight is 309 g/mol. The van der Waals surface area contributed by atoms with E-state index in [1.165, 1.54) is 7.11 Å². The summed E-state index contributed by atoms with van der Waals surface area (Å²) in [5, 5.41) is 0. The highest BCUT2D eigenvalue weighted by Crippen LogP contribution is 2.30. The zero-order chi connectivity index (χ0) is 16.6. The number of benzene rings is 2. The fraction of sp³-hybridized carbons (Fsp3) is 0.263. The van der Waals surface area contributed by atoms with Gasteiger partial charge in [-0.15, -0.1) is 0 Å². The number of esters is 1. The predicted octanol–water partition coefficient (Wildman–Crippen LogP) is 3.29. The van der Waals surface area contributed by atoms with Crippen molar-refractivity contribution in [3.63, 3.8) is 0 Å². The monoisotopic (exact) mass is 309 g/mol. The van der Waals surface area contributed by atoms with E-state index in [4.69, 9.17) is 4.74 Å². The van der Waals surface area contributed by atoms with E-state index in [0.29, 0.717) is 17.7 Å². The minimum Gasteiger partial charge on any atom is -0.465 e. The number of carbonyl (C=O) groups excluding carboxylic acids is 2. The standard InChI is InChI=1S/C19H19NO3/c1-12-8-13(2)10-16(9-12)18(21)20-7-6-14-11-15(19(22)23-3)4-5-17(14)20/h4-5,8-11H,6-7H2,1-3H3. The third-order valence-corrected chi connectivity index (χ3v) is 4.11. The molecule has 0 bridgehead atoms. The molecule has 0 radical (unpaired) electrons. The Morgan fingerprint density at radius 1 is 1.00 bits per heavy atom. The fourth-order valence-corrected chi connectivity index (χ4v) is 3.11. The maximum atomic E-state index is 12.8. The smallest absolute Gasteiger partial charge is 0.337 e. The lowest BCUT2D eigenvalue weighted by atomic mass is 10.1. The number of anilines is 1. The fourth-order valence-electron chi connectivity index (χ4n) is 3.11. The summed E-state index contributed by atoms with van der Waals surface area (Å²) in [5.74, 6) is -0.353. The summed E-state index contributed by atoms with van der Waals surface area (Å²) in [6.45, 7) is 4.61. The lowest BCUT2D eigenvalue weighted by Gasteiger charge is -2.18. The van der Waals surface area contributed by atoms with Gasteiger partial charge in [-0.05, 0) is 56.2 Å². The van der Waals surface area contributed by atoms with Gasteiger partial charge in [-0.1, -0.05) is 17.2 Å². The highest BCUT2D eigenvalue weighted by atomic mass is 16.5. The molecule has 118 valence electrons. The number of carbonyl (C=O) groups is 2. The Hall–Kier alpha value is -2.62. The second-order valence-corrected chi connectivity index (χ2v) is 5.92. The zero-order valence-electron chi connectivity index (χ0n) is 13.6. The molecule has 0 saturated carbocycles. The Balaban J connectivity index is 1.93. The molecule has 2 aromatic rings. The maximum absolute atomic E-state index is 12.8. The minimum absolute atomic E-state index is 0.00127. The lowest BCUT2D eigenvalue weighted by molar-refractivity contribution is 0.0600. The van der Waals surface area contributed by atoms with Crippen LogP contribution in [0.4, 0.5) is 5.69 Å². The summed E-state index contributed by atoms with van der Waals surface area (Å²) in [6, 6.07) is 11.2. The summed E-state index contributed by atoms with van der Waals surface area (Å²) in [5.41, 5.74) is 5.26. The molecule has 0 fully saturated rings. The number of methoxy groups -OCH3 is 1. The number of hydrogen-bond acceptors (Lipinski definition) is 3. The van der Waals surface area contributed by atoms with Crippen LogP contribution in [0.3, 0.4) is 0 Å². The van der Waals surface area contributed by atoms with Crippen LogP contribution in [0.5, 0.6) is 0 Å². The van der Waals surface area contributed by atoms with E-state index < -0.39 is 0 Å². The van der Waals surface area contributed by atoms with E-state index in [0.717, 1.165) is 28.8 Å². The van der Waals surface area contributed by atoms with Gasteiger partial charge in [0.15, 0.2) is 0 Å². The van der Waals surface area contributed by atoms with E-state index in [1.807, 2.05) is 38.1 Å². The quantitative estimate of drug-likeness (QED) is 0.800. The van der Waals surface area contributed by atoms with E-state index in [1.54, 1.807) is 11.0 Å². The molecular formula is C19H19NO3. The first-order valence-electron chi connectivity index (χ1n) is 7.61. The van der Waals surface area contributed by atoms with Crippen LogP contribution < -0.4 is 4.90 Å². The van der Waals surface area contributed by atoms with Gasteiger partial charge in [-0.3, -0.25) is 4.79 Å². The second kappa shape index (κ2) is 5.88. The molecule has 0 spiro atoms. The van der Waals surface area contributed by atoms with Crippen LogP contribution in [-0.4, -0.2) is 25.5 Å². The number of aryl methyl sites for hydroxylation is 2. The van der Waals surface area contributed by atoms with E-state index in [9.17, 15) is 9.59 Å². The summed E-state index contributed by atoms with van der Waals surface area (Å²) in [4.78, 5) is 26.2. The van der Waals surface area contributed by atoms with Crippen LogP contribution in [0.25, 0.3) is 0 Å². The van der Waals surface area contributed by atoms with E-state index in [2.05, 4.69) is 6.07 Å². The molecule has 1 aliphatic rings. The van der Waals surface area contributed by atoms with Gasteiger partial charge >= 0.3 is 5.97 Å². The Labute approximate surface area is 135 Å². The average Bonchev–Trinajstić information content (AvgIpc) is 2.95. The van der Waals surface area contributed by atoms with Crippen molar-refractivity contribution in [2.24, 2.45) is 0 Å². The first kappa shape index (κ1) is 15.3. The summed E-state index contributed by atoms with van der Waals surface area (Å²) >= 11 is 0. The number of ether oxygens (including phenoxy) is 1. The summed E-state index contributed by atoms with van der Waals surface area (Å²) < 4.78 is 4.75. The molecule has 0 aromatic heterocycles. The number of hydrogen-bond donors (Lipinski definition) is 0. The molecule has 4 nitrogen and oxygen atoms in total. The molecule has 2 aromatic carbocycles. The van der Waals surface area contributed by atoms with E-state index >= 15 is 0 Å². The van der Waals surface area contributed by atoms with Gasteiger partial charge in [0.05, 0.1) is 12.7 Å². The largest absolute Gasteiger partial charge is 0.465 e. The molecule has 1 aliphatic heterocycles. The first-order chi connectivity index (χ1) is 11.0. The van der Waals surface area contributed by atoms with Gasteiger partial charge in [0.25, 0.3) is 5.91 Å². The van der Waals surface area contributed by atoms with Crippen molar-refractivity contribution in [2.75, 3.05) is 18.6 Å². The van der Waals surface area contributed by atoms with Crippen molar-refractivity contribution in [3.8, 4) is 0 Å². The van der Waals surface area contributed by atoms with Gasteiger partial charge in [0.2, 0.25) is 0 Å². The lowest BCUT2D eigenvalue weighted by Crippen LogP contribution is -2.29. The van der Waals surface area contributed by atoms with Crippen molar-refractivity contribution in [3.05, 3.63) is 64.2 Å². The molecule has 4 heteroatoms. The van der Waals surface area contributed by atoms with Crippen LogP contribution in [0.1, 0.15) is 37.4 Å². The zero-order valence-corrected chi connectivity index (χ0v) is 13.6. The normalized spacial score (nSPS) is 12.9. The third kappa shape index (κ3) is 2.84. The van der Waals surface area contributed by atoms with Crippen LogP contribution in [0.2, 0.25) is 0 Å². The van der Waals surface area contributed by atoms with Crippen LogP contribution in [-0.2, 0) is 11.2 Å². The Morgan fingerprint density at radius 2 is 1.70 bits per heavy atom. The Kier molecular flexibility index (Phi) is 3.90. The number of amides is 1.